The quantitative estimate of drug-likeness (QED) is 0.334. The molecule has 1 heterocycles. The number of amides is 1. The van der Waals surface area contributed by atoms with Gasteiger partial charge in [0.2, 0.25) is 12.4 Å². The minimum absolute atomic E-state index is 0.218. The standard InChI is InChI=1S/C31H37NO11/c1-16-14-23(22-10-9-11-24(15-22)29(37)32-8)12-13-25(16)42-30-27(40-20(5)35)26(39-19(4)34)28(41-21(6)36)31(7,43-30)17(2)38-18(3)33/h9-15,17,26-28,30H,1-8H3,(H,32,37)/t17-,26+,27-,28-,30-,31+/m0/s1. The SMILES string of the molecule is CNC(=O)c1cccc(-c2ccc(O[C@H]3O[C@](C)([C@H](C)OC(C)=O)[C@@H](OC(C)=O)[C@H](OC(C)=O)[C@@H]3OC(C)=O)c(C)c2)c1. The summed E-state index contributed by atoms with van der Waals surface area (Å²) in [6, 6.07) is 12.4. The van der Waals surface area contributed by atoms with Gasteiger partial charge in [0.25, 0.3) is 5.91 Å². The van der Waals surface area contributed by atoms with Crippen molar-refractivity contribution in [3.05, 3.63) is 53.6 Å². The van der Waals surface area contributed by atoms with Crippen LogP contribution in [-0.4, -0.2) is 73.1 Å². The number of ether oxygens (including phenoxy) is 6. The Balaban J connectivity index is 2.07. The van der Waals surface area contributed by atoms with Crippen molar-refractivity contribution in [1.82, 2.24) is 5.32 Å². The lowest BCUT2D eigenvalue weighted by Gasteiger charge is -2.51. The van der Waals surface area contributed by atoms with Crippen LogP contribution in [-0.2, 0) is 42.9 Å². The zero-order chi connectivity index (χ0) is 32.1. The molecule has 0 spiro atoms. The minimum atomic E-state index is -1.62. The van der Waals surface area contributed by atoms with Crippen LogP contribution in [0.5, 0.6) is 5.75 Å². The third-order valence-corrected chi connectivity index (χ3v) is 6.98. The largest absolute Gasteiger partial charge is 0.460 e. The Morgan fingerprint density at radius 3 is 2.00 bits per heavy atom. The number of carbonyl (C=O) groups is 5. The first-order valence-electron chi connectivity index (χ1n) is 13.6. The average molecular weight is 600 g/mol. The second kappa shape index (κ2) is 13.7. The fraction of sp³-hybridized carbons (Fsp3) is 0.452. The van der Waals surface area contributed by atoms with Crippen LogP contribution in [0.4, 0.5) is 0 Å². The van der Waals surface area contributed by atoms with Crippen molar-refractivity contribution >= 4 is 29.8 Å². The molecule has 1 saturated heterocycles. The molecule has 0 saturated carbocycles. The minimum Gasteiger partial charge on any atom is -0.460 e. The van der Waals surface area contributed by atoms with Gasteiger partial charge in [0.1, 0.15) is 17.5 Å². The van der Waals surface area contributed by atoms with E-state index in [9.17, 15) is 24.0 Å². The summed E-state index contributed by atoms with van der Waals surface area (Å²) < 4.78 is 34.6. The van der Waals surface area contributed by atoms with Gasteiger partial charge in [0.15, 0.2) is 12.2 Å². The second-order valence-corrected chi connectivity index (χ2v) is 10.4. The Hall–Kier alpha value is -4.45. The molecule has 1 fully saturated rings. The fourth-order valence-electron chi connectivity index (χ4n) is 4.89. The molecule has 0 bridgehead atoms. The van der Waals surface area contributed by atoms with E-state index >= 15 is 0 Å². The third-order valence-electron chi connectivity index (χ3n) is 6.98. The first-order valence-corrected chi connectivity index (χ1v) is 13.6. The zero-order valence-electron chi connectivity index (χ0n) is 25.4. The van der Waals surface area contributed by atoms with E-state index in [1.807, 2.05) is 12.1 Å². The number of hydrogen-bond donors (Lipinski definition) is 1. The normalized spacial score (nSPS) is 23.7. The van der Waals surface area contributed by atoms with Crippen molar-refractivity contribution in [2.24, 2.45) is 0 Å². The maximum Gasteiger partial charge on any atom is 0.303 e. The topological polar surface area (TPSA) is 153 Å². The van der Waals surface area contributed by atoms with Gasteiger partial charge in [-0.15, -0.1) is 0 Å². The number of carbonyl (C=O) groups excluding carboxylic acids is 5. The molecule has 0 unspecified atom stereocenters. The van der Waals surface area contributed by atoms with E-state index in [-0.39, 0.29) is 5.91 Å². The van der Waals surface area contributed by atoms with Gasteiger partial charge in [-0.3, -0.25) is 24.0 Å². The van der Waals surface area contributed by atoms with Crippen LogP contribution in [0, 0.1) is 6.92 Å². The van der Waals surface area contributed by atoms with E-state index in [1.165, 1.54) is 20.8 Å². The van der Waals surface area contributed by atoms with Crippen molar-refractivity contribution in [1.29, 1.82) is 0 Å². The molecule has 0 aliphatic carbocycles. The molecule has 1 aliphatic rings. The van der Waals surface area contributed by atoms with Gasteiger partial charge >= 0.3 is 23.9 Å². The molecule has 12 nitrogen and oxygen atoms in total. The van der Waals surface area contributed by atoms with Crippen LogP contribution >= 0.6 is 0 Å². The van der Waals surface area contributed by atoms with Crippen LogP contribution in [0.25, 0.3) is 11.1 Å². The summed E-state index contributed by atoms with van der Waals surface area (Å²) in [5.41, 5.74) is 1.14. The maximum absolute atomic E-state index is 12.2. The molecule has 1 N–H and O–H groups in total. The van der Waals surface area contributed by atoms with Gasteiger partial charge in [0, 0.05) is 40.3 Å². The molecule has 6 atom stereocenters. The molecule has 0 radical (unpaired) electrons. The summed E-state index contributed by atoms with van der Waals surface area (Å²) in [7, 11) is 1.56. The van der Waals surface area contributed by atoms with Crippen molar-refractivity contribution < 1.29 is 52.4 Å². The Kier molecular flexibility index (Phi) is 10.5. The highest BCUT2D eigenvalue weighted by molar-refractivity contribution is 5.95. The van der Waals surface area contributed by atoms with E-state index in [2.05, 4.69) is 5.32 Å². The van der Waals surface area contributed by atoms with Crippen molar-refractivity contribution in [3.63, 3.8) is 0 Å². The van der Waals surface area contributed by atoms with Gasteiger partial charge < -0.3 is 33.7 Å². The van der Waals surface area contributed by atoms with E-state index in [0.29, 0.717) is 16.9 Å². The van der Waals surface area contributed by atoms with E-state index in [4.69, 9.17) is 28.4 Å². The van der Waals surface area contributed by atoms with Crippen LogP contribution in [0.2, 0.25) is 0 Å². The lowest BCUT2D eigenvalue weighted by atomic mass is 9.83. The number of aryl methyl sites for hydroxylation is 1. The average Bonchev–Trinajstić information content (AvgIpc) is 2.92. The van der Waals surface area contributed by atoms with Crippen LogP contribution in [0.1, 0.15) is 57.5 Å². The smallest absolute Gasteiger partial charge is 0.303 e. The highest BCUT2D eigenvalue weighted by atomic mass is 16.7. The highest BCUT2D eigenvalue weighted by Crippen LogP contribution is 2.40. The van der Waals surface area contributed by atoms with Crippen molar-refractivity contribution in [2.75, 3.05) is 7.05 Å². The van der Waals surface area contributed by atoms with Gasteiger partial charge in [-0.2, -0.15) is 0 Å². The molecule has 232 valence electrons. The Bertz CT molecular complexity index is 1390. The molecule has 1 amide bonds. The molecular formula is C31H37NO11. The first kappa shape index (κ1) is 33.1. The molecule has 3 rings (SSSR count). The fourth-order valence-corrected chi connectivity index (χ4v) is 4.89. The van der Waals surface area contributed by atoms with Gasteiger partial charge in [-0.25, -0.2) is 0 Å². The number of hydrogen-bond acceptors (Lipinski definition) is 11. The highest BCUT2D eigenvalue weighted by Gasteiger charge is 2.61. The van der Waals surface area contributed by atoms with E-state index in [1.54, 1.807) is 44.3 Å². The maximum atomic E-state index is 12.2. The van der Waals surface area contributed by atoms with E-state index < -0.39 is 60.2 Å². The molecular weight excluding hydrogens is 562 g/mol. The number of esters is 4. The summed E-state index contributed by atoms with van der Waals surface area (Å²) in [4.78, 5) is 60.6. The summed E-state index contributed by atoms with van der Waals surface area (Å²) in [6.07, 6.45) is -6.56. The Morgan fingerprint density at radius 1 is 0.837 bits per heavy atom. The molecule has 43 heavy (non-hydrogen) atoms. The van der Waals surface area contributed by atoms with Crippen molar-refractivity contribution in [3.8, 4) is 16.9 Å². The van der Waals surface area contributed by atoms with Crippen LogP contribution < -0.4 is 10.1 Å². The molecule has 12 heteroatoms. The van der Waals surface area contributed by atoms with Gasteiger partial charge in [-0.05, 0) is 61.7 Å². The van der Waals surface area contributed by atoms with Crippen LogP contribution in [0.15, 0.2) is 42.5 Å². The molecule has 0 aromatic heterocycles. The zero-order valence-corrected chi connectivity index (χ0v) is 25.4. The first-order chi connectivity index (χ1) is 20.2. The van der Waals surface area contributed by atoms with Crippen molar-refractivity contribution in [2.45, 2.75) is 84.8 Å². The van der Waals surface area contributed by atoms with Gasteiger partial charge in [-0.1, -0.05) is 18.2 Å². The summed E-state index contributed by atoms with van der Waals surface area (Å²) >= 11 is 0. The number of nitrogens with one attached hydrogen (secondary N) is 1. The van der Waals surface area contributed by atoms with E-state index in [0.717, 1.165) is 31.9 Å². The third kappa shape index (κ3) is 7.89. The Labute approximate surface area is 249 Å². The summed E-state index contributed by atoms with van der Waals surface area (Å²) in [5.74, 6) is -2.73. The molecule has 1 aliphatic heterocycles. The lowest BCUT2D eigenvalue weighted by molar-refractivity contribution is -0.330. The second-order valence-electron chi connectivity index (χ2n) is 10.4. The monoisotopic (exact) mass is 599 g/mol. The number of benzene rings is 2. The summed E-state index contributed by atoms with van der Waals surface area (Å²) in [6.45, 7) is 9.50. The predicted molar refractivity (Wildman–Crippen MR) is 152 cm³/mol. The Morgan fingerprint density at radius 2 is 1.44 bits per heavy atom. The molecule has 2 aromatic carbocycles. The lowest BCUT2D eigenvalue weighted by Crippen LogP contribution is -2.70. The molecule has 2 aromatic rings. The number of rotatable bonds is 9. The summed E-state index contributed by atoms with van der Waals surface area (Å²) in [5, 5.41) is 2.60. The van der Waals surface area contributed by atoms with Gasteiger partial charge in [0.05, 0.1) is 0 Å². The predicted octanol–water partition coefficient (Wildman–Crippen LogP) is 3.26. The van der Waals surface area contributed by atoms with Crippen LogP contribution in [0.3, 0.4) is 0 Å².